The van der Waals surface area contributed by atoms with Crippen LogP contribution in [-0.2, 0) is 14.3 Å². The van der Waals surface area contributed by atoms with E-state index in [1.54, 1.807) is 12.1 Å². The molecule has 184 valence electrons. The number of aliphatic hydroxyl groups is 1. The molecule has 0 amide bonds. The molecular weight excluding hydrogens is 436 g/mol. The summed E-state index contributed by atoms with van der Waals surface area (Å²) in [6, 6.07) is 13.1. The molecule has 4 aliphatic carbocycles. The van der Waals surface area contributed by atoms with Crippen molar-refractivity contribution in [2.24, 2.45) is 11.8 Å². The minimum Gasteiger partial charge on any atom is -0.508 e. The van der Waals surface area contributed by atoms with Crippen molar-refractivity contribution in [2.75, 3.05) is 0 Å². The molecular formula is C27H34O7. The van der Waals surface area contributed by atoms with Crippen molar-refractivity contribution in [1.82, 2.24) is 0 Å². The topological polar surface area (TPSA) is 113 Å². The number of phenols is 2. The molecule has 2 aromatic rings. The second-order valence-corrected chi connectivity index (χ2v) is 9.89. The van der Waals surface area contributed by atoms with E-state index >= 15 is 0 Å². The predicted octanol–water partition coefficient (Wildman–Crippen LogP) is 4.65. The highest BCUT2D eigenvalue weighted by Gasteiger charge is 2.58. The van der Waals surface area contributed by atoms with Crippen LogP contribution in [0.25, 0.3) is 0 Å². The first-order valence-electron chi connectivity index (χ1n) is 11.6. The van der Waals surface area contributed by atoms with Gasteiger partial charge in [0.15, 0.2) is 0 Å². The van der Waals surface area contributed by atoms with Gasteiger partial charge in [-0.2, -0.15) is 0 Å². The van der Waals surface area contributed by atoms with Gasteiger partial charge >= 0.3 is 11.9 Å². The molecule has 2 unspecified atom stereocenters. The number of rotatable bonds is 2. The third-order valence-electron chi connectivity index (χ3n) is 6.47. The number of ether oxygens (including phenoxy) is 2. The summed E-state index contributed by atoms with van der Waals surface area (Å²) in [7, 11) is 0. The molecule has 4 aliphatic rings. The third kappa shape index (κ3) is 7.22. The zero-order valence-electron chi connectivity index (χ0n) is 20.0. The van der Waals surface area contributed by atoms with E-state index in [0.717, 1.165) is 25.7 Å². The summed E-state index contributed by atoms with van der Waals surface area (Å²) in [6.45, 7) is 4.79. The van der Waals surface area contributed by atoms with Gasteiger partial charge in [0.25, 0.3) is 0 Å². The van der Waals surface area contributed by atoms with Crippen LogP contribution in [0, 0.1) is 18.8 Å². The number of hydrogen-bond acceptors (Lipinski definition) is 7. The highest BCUT2D eigenvalue weighted by Crippen LogP contribution is 2.58. The molecule has 6 rings (SSSR count). The Morgan fingerprint density at radius 1 is 0.824 bits per heavy atom. The number of benzene rings is 2. The molecule has 0 aliphatic heterocycles. The molecule has 0 aromatic heterocycles. The molecule has 34 heavy (non-hydrogen) atoms. The van der Waals surface area contributed by atoms with E-state index in [1.165, 1.54) is 50.1 Å². The Morgan fingerprint density at radius 3 is 1.74 bits per heavy atom. The summed E-state index contributed by atoms with van der Waals surface area (Å²) >= 11 is 0. The molecule has 0 saturated heterocycles. The highest BCUT2D eigenvalue weighted by atomic mass is 16.6. The first kappa shape index (κ1) is 25.6. The Morgan fingerprint density at radius 2 is 1.32 bits per heavy atom. The van der Waals surface area contributed by atoms with E-state index in [4.69, 9.17) is 19.7 Å². The van der Waals surface area contributed by atoms with Gasteiger partial charge in [0.05, 0.1) is 5.60 Å². The maximum atomic E-state index is 11.1. The normalized spacial score (nSPS) is 28.0. The van der Waals surface area contributed by atoms with Crippen LogP contribution < -0.4 is 4.74 Å². The zero-order valence-corrected chi connectivity index (χ0v) is 20.0. The Labute approximate surface area is 200 Å². The van der Waals surface area contributed by atoms with E-state index in [1.807, 2.05) is 19.1 Å². The number of hydrogen-bond donors (Lipinski definition) is 3. The molecule has 4 bridgehead atoms. The molecule has 4 fully saturated rings. The van der Waals surface area contributed by atoms with E-state index in [-0.39, 0.29) is 23.3 Å². The summed E-state index contributed by atoms with van der Waals surface area (Å²) < 4.78 is 10.2. The monoisotopic (exact) mass is 470 g/mol. The second kappa shape index (κ2) is 10.5. The van der Waals surface area contributed by atoms with Crippen LogP contribution in [0.1, 0.15) is 57.9 Å². The predicted molar refractivity (Wildman–Crippen MR) is 126 cm³/mol. The summed E-state index contributed by atoms with van der Waals surface area (Å²) in [5.74, 6) is 1.52. The lowest BCUT2D eigenvalue weighted by Crippen LogP contribution is -2.60. The van der Waals surface area contributed by atoms with Crippen molar-refractivity contribution in [3.63, 3.8) is 0 Å². The SMILES string of the molecule is CC(=O)OC12CC3CC(CC(O)(C3)C1)C2.CC(=O)Oc1ccc(O)cc1.Cc1ccc(O)cc1. The molecule has 7 nitrogen and oxygen atoms in total. The fourth-order valence-corrected chi connectivity index (χ4v) is 5.78. The molecule has 3 N–H and O–H groups in total. The quantitative estimate of drug-likeness (QED) is 0.432. The summed E-state index contributed by atoms with van der Waals surface area (Å²) in [6.07, 6.45) is 5.70. The van der Waals surface area contributed by atoms with Gasteiger partial charge in [0.2, 0.25) is 0 Å². The van der Waals surface area contributed by atoms with Crippen LogP contribution >= 0.6 is 0 Å². The van der Waals surface area contributed by atoms with Crippen molar-refractivity contribution < 1.29 is 34.4 Å². The standard InChI is InChI=1S/C12H18O3.C8H8O3.C7H8O/c1-8(13)15-12-5-9-2-10(6-12)4-11(14,3-9)7-12;1-6(9)11-8-4-2-7(10)3-5-8;1-6-2-4-7(8)5-3-6/h9-10,14H,2-7H2,1H3;2-5,10H,1H3;2-5,8H,1H3. The van der Waals surface area contributed by atoms with Gasteiger partial charge in [-0.15, -0.1) is 0 Å². The van der Waals surface area contributed by atoms with Crippen molar-refractivity contribution in [3.8, 4) is 17.2 Å². The lowest BCUT2D eigenvalue weighted by molar-refractivity contribution is -0.218. The van der Waals surface area contributed by atoms with Crippen molar-refractivity contribution >= 4 is 11.9 Å². The molecule has 2 aromatic carbocycles. The van der Waals surface area contributed by atoms with Gasteiger partial charge in [-0.05, 0) is 87.3 Å². The van der Waals surface area contributed by atoms with Crippen LogP contribution in [0.2, 0.25) is 0 Å². The maximum absolute atomic E-state index is 11.1. The fraction of sp³-hybridized carbons (Fsp3) is 0.481. The Kier molecular flexibility index (Phi) is 7.87. The first-order valence-corrected chi connectivity index (χ1v) is 11.6. The van der Waals surface area contributed by atoms with Crippen molar-refractivity contribution in [3.05, 3.63) is 54.1 Å². The van der Waals surface area contributed by atoms with Crippen LogP contribution in [0.3, 0.4) is 0 Å². The minimum absolute atomic E-state index is 0.154. The minimum atomic E-state index is -0.528. The summed E-state index contributed by atoms with van der Waals surface area (Å²) in [4.78, 5) is 21.5. The molecule has 0 radical (unpaired) electrons. The van der Waals surface area contributed by atoms with Gasteiger partial charge < -0.3 is 24.8 Å². The first-order chi connectivity index (χ1) is 16.0. The number of esters is 2. The van der Waals surface area contributed by atoms with Crippen LogP contribution in [-0.4, -0.2) is 38.5 Å². The van der Waals surface area contributed by atoms with E-state index in [9.17, 15) is 14.7 Å². The zero-order chi connectivity index (χ0) is 24.9. The highest BCUT2D eigenvalue weighted by molar-refractivity contribution is 5.69. The largest absolute Gasteiger partial charge is 0.508 e. The lowest BCUT2D eigenvalue weighted by atomic mass is 9.52. The number of phenolic OH excluding ortho intramolecular Hbond substituents is 2. The molecule has 0 spiro atoms. The van der Waals surface area contributed by atoms with Crippen molar-refractivity contribution in [1.29, 1.82) is 0 Å². The van der Waals surface area contributed by atoms with E-state index < -0.39 is 5.60 Å². The van der Waals surface area contributed by atoms with Gasteiger partial charge in [0.1, 0.15) is 22.8 Å². The van der Waals surface area contributed by atoms with Crippen molar-refractivity contribution in [2.45, 2.75) is 70.5 Å². The van der Waals surface area contributed by atoms with Crippen LogP contribution in [0.4, 0.5) is 0 Å². The number of carbonyl (C=O) groups excluding carboxylic acids is 2. The number of carbonyl (C=O) groups is 2. The maximum Gasteiger partial charge on any atom is 0.308 e. The van der Waals surface area contributed by atoms with E-state index in [0.29, 0.717) is 29.8 Å². The average Bonchev–Trinajstić information content (AvgIpc) is 2.70. The molecule has 7 heteroatoms. The van der Waals surface area contributed by atoms with Gasteiger partial charge in [-0.3, -0.25) is 9.59 Å². The lowest BCUT2D eigenvalue weighted by Gasteiger charge is -2.59. The van der Waals surface area contributed by atoms with E-state index in [2.05, 4.69) is 0 Å². The molecule has 4 saturated carbocycles. The summed E-state index contributed by atoms with van der Waals surface area (Å²) in [5.41, 5.74) is 0.326. The summed E-state index contributed by atoms with van der Waals surface area (Å²) in [5, 5.41) is 28.0. The molecule has 2 atom stereocenters. The van der Waals surface area contributed by atoms with Crippen LogP contribution in [0.15, 0.2) is 48.5 Å². The number of aryl methyl sites for hydroxylation is 1. The Hall–Kier alpha value is -3.06. The van der Waals surface area contributed by atoms with Gasteiger partial charge in [0, 0.05) is 20.3 Å². The Bertz CT molecular complexity index is 946. The molecule has 0 heterocycles. The number of aromatic hydroxyl groups is 2. The van der Waals surface area contributed by atoms with Crippen LogP contribution in [0.5, 0.6) is 17.2 Å². The average molecular weight is 471 g/mol. The van der Waals surface area contributed by atoms with Gasteiger partial charge in [-0.25, -0.2) is 0 Å². The fourth-order valence-electron chi connectivity index (χ4n) is 5.78. The second-order valence-electron chi connectivity index (χ2n) is 9.89. The Balaban J connectivity index is 0.000000151. The third-order valence-corrected chi connectivity index (χ3v) is 6.47. The smallest absolute Gasteiger partial charge is 0.308 e. The van der Waals surface area contributed by atoms with Gasteiger partial charge in [-0.1, -0.05) is 17.7 Å².